The Labute approximate surface area is 87.2 Å². The van der Waals surface area contributed by atoms with E-state index in [1.54, 1.807) is 0 Å². The van der Waals surface area contributed by atoms with Crippen molar-refractivity contribution in [3.05, 3.63) is 0 Å². The Bertz CT molecular complexity index is 193. The number of nitrogens with two attached hydrogens (primary N) is 1. The molecule has 2 aliphatic rings. The number of fused-ring (bicyclic) bond motifs is 1. The molecule has 0 radical (unpaired) electrons. The van der Waals surface area contributed by atoms with E-state index >= 15 is 0 Å². The molecular weight excluding hydrogens is 174 g/mol. The summed E-state index contributed by atoms with van der Waals surface area (Å²) in [5.74, 6) is 1.86. The summed E-state index contributed by atoms with van der Waals surface area (Å²) in [5, 5.41) is 0. The maximum atomic E-state index is 5.84. The Morgan fingerprint density at radius 2 is 2.00 bits per heavy atom. The van der Waals surface area contributed by atoms with Crippen LogP contribution in [0.2, 0.25) is 0 Å². The molecule has 2 N–H and O–H groups in total. The summed E-state index contributed by atoms with van der Waals surface area (Å²) in [6.07, 6.45) is 1.39. The lowest BCUT2D eigenvalue weighted by Crippen LogP contribution is -2.37. The number of likely N-dealkylation sites (tertiary alicyclic amines) is 2. The van der Waals surface area contributed by atoms with Crippen LogP contribution in [0.1, 0.15) is 13.3 Å². The first-order chi connectivity index (χ1) is 6.65. The first kappa shape index (κ1) is 10.4. The fourth-order valence-electron chi connectivity index (χ4n) is 3.00. The molecule has 2 rings (SSSR count). The molecule has 2 unspecified atom stereocenters. The zero-order valence-electron chi connectivity index (χ0n) is 9.45. The van der Waals surface area contributed by atoms with Gasteiger partial charge in [0.15, 0.2) is 0 Å². The average molecular weight is 197 g/mol. The third kappa shape index (κ3) is 2.27. The summed E-state index contributed by atoms with van der Waals surface area (Å²) < 4.78 is 0. The van der Waals surface area contributed by atoms with Crippen molar-refractivity contribution < 1.29 is 0 Å². The van der Waals surface area contributed by atoms with E-state index in [0.29, 0.717) is 6.04 Å². The quantitative estimate of drug-likeness (QED) is 0.687. The van der Waals surface area contributed by atoms with Crippen molar-refractivity contribution in [1.29, 1.82) is 0 Å². The van der Waals surface area contributed by atoms with Gasteiger partial charge in [-0.05, 0) is 38.8 Å². The Morgan fingerprint density at radius 1 is 1.29 bits per heavy atom. The lowest BCUT2D eigenvalue weighted by Gasteiger charge is -2.31. The van der Waals surface area contributed by atoms with E-state index in [0.717, 1.165) is 18.4 Å². The molecule has 0 aromatic heterocycles. The molecule has 2 heterocycles. The van der Waals surface area contributed by atoms with Gasteiger partial charge in [-0.3, -0.25) is 0 Å². The maximum absolute atomic E-state index is 5.84. The van der Waals surface area contributed by atoms with Crippen LogP contribution in [0.25, 0.3) is 0 Å². The maximum Gasteiger partial charge on any atom is 0.0139 e. The zero-order chi connectivity index (χ0) is 10.1. The fraction of sp³-hybridized carbons (Fsp3) is 1.00. The highest BCUT2D eigenvalue weighted by molar-refractivity contribution is 4.89. The predicted octanol–water partition coefficient (Wildman–Crippen LogP) is 0.217. The molecule has 2 fully saturated rings. The number of hydrogen-bond donors (Lipinski definition) is 1. The molecule has 0 amide bonds. The van der Waals surface area contributed by atoms with Gasteiger partial charge in [-0.1, -0.05) is 0 Å². The molecule has 3 nitrogen and oxygen atoms in total. The number of hydrogen-bond acceptors (Lipinski definition) is 3. The number of piperidine rings is 1. The fourth-order valence-corrected chi connectivity index (χ4v) is 3.00. The van der Waals surface area contributed by atoms with Crippen molar-refractivity contribution in [3.63, 3.8) is 0 Å². The molecule has 82 valence electrons. The van der Waals surface area contributed by atoms with Crippen LogP contribution < -0.4 is 5.73 Å². The molecule has 0 bridgehead atoms. The van der Waals surface area contributed by atoms with E-state index in [1.165, 1.54) is 32.6 Å². The van der Waals surface area contributed by atoms with Gasteiger partial charge in [0.25, 0.3) is 0 Å². The highest BCUT2D eigenvalue weighted by atomic mass is 15.2. The molecule has 0 spiro atoms. The van der Waals surface area contributed by atoms with Gasteiger partial charge in [0.1, 0.15) is 0 Å². The molecular formula is C11H23N3. The monoisotopic (exact) mass is 197 g/mol. The highest BCUT2D eigenvalue weighted by Crippen LogP contribution is 2.30. The molecule has 2 aliphatic heterocycles. The van der Waals surface area contributed by atoms with Gasteiger partial charge in [-0.25, -0.2) is 0 Å². The molecule has 0 aliphatic carbocycles. The Morgan fingerprint density at radius 3 is 2.71 bits per heavy atom. The van der Waals surface area contributed by atoms with E-state index in [2.05, 4.69) is 23.8 Å². The first-order valence-electron chi connectivity index (χ1n) is 5.81. The van der Waals surface area contributed by atoms with Crippen LogP contribution in [0.5, 0.6) is 0 Å². The van der Waals surface area contributed by atoms with Gasteiger partial charge in [-0.15, -0.1) is 0 Å². The molecule has 2 saturated heterocycles. The molecule has 0 aromatic rings. The van der Waals surface area contributed by atoms with Crippen molar-refractivity contribution in [1.82, 2.24) is 9.80 Å². The van der Waals surface area contributed by atoms with Crippen LogP contribution in [0.4, 0.5) is 0 Å². The molecule has 0 saturated carbocycles. The van der Waals surface area contributed by atoms with Crippen LogP contribution >= 0.6 is 0 Å². The molecule has 3 atom stereocenters. The summed E-state index contributed by atoms with van der Waals surface area (Å²) in [6.45, 7) is 8.33. The predicted molar refractivity (Wildman–Crippen MR) is 59.2 cm³/mol. The van der Waals surface area contributed by atoms with Gasteiger partial charge in [0.2, 0.25) is 0 Å². The average Bonchev–Trinajstić information content (AvgIpc) is 2.44. The van der Waals surface area contributed by atoms with Crippen LogP contribution in [0.3, 0.4) is 0 Å². The normalized spacial score (nSPS) is 37.1. The second-order valence-electron chi connectivity index (χ2n) is 5.27. The van der Waals surface area contributed by atoms with E-state index < -0.39 is 0 Å². The summed E-state index contributed by atoms with van der Waals surface area (Å²) in [5.41, 5.74) is 5.84. The molecule has 14 heavy (non-hydrogen) atoms. The third-order valence-electron chi connectivity index (χ3n) is 3.63. The van der Waals surface area contributed by atoms with Crippen molar-refractivity contribution in [3.8, 4) is 0 Å². The van der Waals surface area contributed by atoms with Crippen LogP contribution in [0, 0.1) is 11.8 Å². The van der Waals surface area contributed by atoms with E-state index in [9.17, 15) is 0 Å². The summed E-state index contributed by atoms with van der Waals surface area (Å²) >= 11 is 0. The lowest BCUT2D eigenvalue weighted by atomic mass is 9.89. The summed E-state index contributed by atoms with van der Waals surface area (Å²) in [4.78, 5) is 5.02. The standard InChI is InChI=1S/C11H23N3/c1-9(12)5-14-7-10-3-4-13(2)6-11(10)8-14/h9-11H,3-8,12H2,1-2H3/t9-,10?,11?/m1/s1. The van der Waals surface area contributed by atoms with Crippen molar-refractivity contribution >= 4 is 0 Å². The smallest absolute Gasteiger partial charge is 0.0139 e. The number of nitrogens with zero attached hydrogens (tertiary/aromatic N) is 2. The van der Waals surface area contributed by atoms with Gasteiger partial charge in [-0.2, -0.15) is 0 Å². The minimum atomic E-state index is 0.327. The van der Waals surface area contributed by atoms with E-state index in [-0.39, 0.29) is 0 Å². The van der Waals surface area contributed by atoms with E-state index in [1.807, 2.05) is 0 Å². The largest absolute Gasteiger partial charge is 0.327 e. The highest BCUT2D eigenvalue weighted by Gasteiger charge is 2.35. The van der Waals surface area contributed by atoms with Crippen LogP contribution in [-0.4, -0.2) is 55.6 Å². The Kier molecular flexibility index (Phi) is 3.10. The van der Waals surface area contributed by atoms with Gasteiger partial charge >= 0.3 is 0 Å². The Hall–Kier alpha value is -0.120. The van der Waals surface area contributed by atoms with Gasteiger partial charge in [0, 0.05) is 32.2 Å². The minimum absolute atomic E-state index is 0.327. The molecule has 0 aromatic carbocycles. The van der Waals surface area contributed by atoms with Crippen molar-refractivity contribution in [2.75, 3.05) is 39.8 Å². The first-order valence-corrected chi connectivity index (χ1v) is 5.81. The SMILES string of the molecule is C[C@@H](N)CN1CC2CCN(C)CC2C1. The van der Waals surface area contributed by atoms with Crippen molar-refractivity contribution in [2.24, 2.45) is 17.6 Å². The Balaban J connectivity index is 1.86. The van der Waals surface area contributed by atoms with Crippen LogP contribution in [-0.2, 0) is 0 Å². The topological polar surface area (TPSA) is 32.5 Å². The summed E-state index contributed by atoms with van der Waals surface area (Å²) in [7, 11) is 2.24. The van der Waals surface area contributed by atoms with E-state index in [4.69, 9.17) is 5.73 Å². The van der Waals surface area contributed by atoms with Crippen LogP contribution in [0.15, 0.2) is 0 Å². The second kappa shape index (κ2) is 4.17. The lowest BCUT2D eigenvalue weighted by molar-refractivity contribution is 0.178. The number of rotatable bonds is 2. The summed E-state index contributed by atoms with van der Waals surface area (Å²) in [6, 6.07) is 0.327. The molecule has 3 heteroatoms. The second-order valence-corrected chi connectivity index (χ2v) is 5.27. The minimum Gasteiger partial charge on any atom is -0.327 e. The van der Waals surface area contributed by atoms with Crippen molar-refractivity contribution in [2.45, 2.75) is 19.4 Å². The third-order valence-corrected chi connectivity index (χ3v) is 3.63. The zero-order valence-corrected chi connectivity index (χ0v) is 9.45. The van der Waals surface area contributed by atoms with Gasteiger partial charge < -0.3 is 15.5 Å². The van der Waals surface area contributed by atoms with Gasteiger partial charge in [0.05, 0.1) is 0 Å².